The summed E-state index contributed by atoms with van der Waals surface area (Å²) in [6.07, 6.45) is 2.15. The van der Waals surface area contributed by atoms with E-state index in [9.17, 15) is 14.0 Å². The Morgan fingerprint density at radius 2 is 2.04 bits per heavy atom. The van der Waals surface area contributed by atoms with Crippen LogP contribution in [0.4, 0.5) is 4.39 Å². The van der Waals surface area contributed by atoms with Crippen LogP contribution >= 0.6 is 0 Å². The fourth-order valence-electron chi connectivity index (χ4n) is 3.69. The molecule has 1 fully saturated rings. The van der Waals surface area contributed by atoms with Gasteiger partial charge in [-0.15, -0.1) is 0 Å². The Morgan fingerprint density at radius 1 is 1.32 bits per heavy atom. The van der Waals surface area contributed by atoms with Gasteiger partial charge in [0.15, 0.2) is 0 Å². The van der Waals surface area contributed by atoms with E-state index in [0.717, 1.165) is 24.0 Å². The summed E-state index contributed by atoms with van der Waals surface area (Å²) in [5.41, 5.74) is 3.14. The first-order valence-corrected chi connectivity index (χ1v) is 8.29. The average Bonchev–Trinajstić information content (AvgIpc) is 3.43. The quantitative estimate of drug-likeness (QED) is 0.851. The van der Waals surface area contributed by atoms with Crippen LogP contribution in [-0.2, 0) is 19.1 Å². The number of carbonyl (C=O) groups excluding carboxylic acids is 2. The SMILES string of the molecule is COC(=O)C1=C(CF)NC2=C(C(=O)OC2)[C@@H]1c1ccccc1C1CC1. The van der Waals surface area contributed by atoms with E-state index in [1.807, 2.05) is 24.3 Å². The number of hydrogen-bond acceptors (Lipinski definition) is 5. The first-order chi connectivity index (χ1) is 12.2. The van der Waals surface area contributed by atoms with Crippen molar-refractivity contribution < 1.29 is 23.5 Å². The van der Waals surface area contributed by atoms with Crippen molar-refractivity contribution in [2.75, 3.05) is 20.4 Å². The van der Waals surface area contributed by atoms with Crippen LogP contribution in [0.3, 0.4) is 0 Å². The number of alkyl halides is 1. The fraction of sp³-hybridized carbons (Fsp3) is 0.368. The molecule has 1 atom stereocenters. The summed E-state index contributed by atoms with van der Waals surface area (Å²) in [7, 11) is 1.26. The second kappa shape index (κ2) is 6.02. The van der Waals surface area contributed by atoms with Crippen LogP contribution in [0.1, 0.15) is 35.8 Å². The summed E-state index contributed by atoms with van der Waals surface area (Å²) < 4.78 is 23.7. The standard InChI is InChI=1S/C19H18FNO4/c1-24-18(22)16-13(8-20)21-14-9-25-19(23)17(14)15(16)12-5-3-2-4-11(12)10-6-7-10/h2-5,10,15,21H,6-9H2,1H3/t15-/m1/s1. The Balaban J connectivity index is 1.93. The van der Waals surface area contributed by atoms with Crippen LogP contribution < -0.4 is 5.32 Å². The molecule has 1 aromatic carbocycles. The van der Waals surface area contributed by atoms with Crippen LogP contribution in [-0.4, -0.2) is 32.3 Å². The van der Waals surface area contributed by atoms with E-state index in [-0.39, 0.29) is 17.9 Å². The number of rotatable bonds is 4. The van der Waals surface area contributed by atoms with Crippen molar-refractivity contribution in [3.8, 4) is 0 Å². The van der Waals surface area contributed by atoms with Crippen LogP contribution in [0.25, 0.3) is 0 Å². The van der Waals surface area contributed by atoms with E-state index < -0.39 is 24.5 Å². The molecule has 25 heavy (non-hydrogen) atoms. The Kier molecular flexibility index (Phi) is 3.82. The Labute approximate surface area is 144 Å². The predicted octanol–water partition coefficient (Wildman–Crippen LogP) is 2.46. The number of carbonyl (C=O) groups is 2. The van der Waals surface area contributed by atoms with Crippen molar-refractivity contribution in [2.24, 2.45) is 0 Å². The molecule has 0 bridgehead atoms. The lowest BCUT2D eigenvalue weighted by molar-refractivity contribution is -0.136. The summed E-state index contributed by atoms with van der Waals surface area (Å²) in [5.74, 6) is -1.36. The highest BCUT2D eigenvalue weighted by molar-refractivity contribution is 6.01. The van der Waals surface area contributed by atoms with Crippen LogP contribution in [0.15, 0.2) is 46.8 Å². The second-order valence-electron chi connectivity index (χ2n) is 6.45. The predicted molar refractivity (Wildman–Crippen MR) is 87.3 cm³/mol. The van der Waals surface area contributed by atoms with E-state index in [1.54, 1.807) is 0 Å². The molecule has 0 aromatic heterocycles. The number of hydrogen-bond donors (Lipinski definition) is 1. The average molecular weight is 343 g/mol. The number of benzene rings is 1. The van der Waals surface area contributed by atoms with Gasteiger partial charge < -0.3 is 14.8 Å². The molecular weight excluding hydrogens is 325 g/mol. The van der Waals surface area contributed by atoms with Gasteiger partial charge in [0.1, 0.15) is 13.3 Å². The van der Waals surface area contributed by atoms with E-state index >= 15 is 0 Å². The van der Waals surface area contributed by atoms with Crippen molar-refractivity contribution in [2.45, 2.75) is 24.7 Å². The number of nitrogens with one attached hydrogen (secondary N) is 1. The largest absolute Gasteiger partial charge is 0.466 e. The number of methoxy groups -OCH3 is 1. The number of esters is 2. The van der Waals surface area contributed by atoms with Crippen LogP contribution in [0.5, 0.6) is 0 Å². The van der Waals surface area contributed by atoms with Crippen molar-refractivity contribution in [3.05, 3.63) is 57.9 Å². The molecule has 4 rings (SSSR count). The van der Waals surface area contributed by atoms with Gasteiger partial charge in [-0.05, 0) is 29.9 Å². The maximum absolute atomic E-state index is 13.7. The monoisotopic (exact) mass is 343 g/mol. The van der Waals surface area contributed by atoms with Crippen molar-refractivity contribution >= 4 is 11.9 Å². The molecule has 3 aliphatic rings. The van der Waals surface area contributed by atoms with Gasteiger partial charge in [-0.3, -0.25) is 0 Å². The minimum absolute atomic E-state index is 0.0637. The van der Waals surface area contributed by atoms with Gasteiger partial charge in [0, 0.05) is 0 Å². The van der Waals surface area contributed by atoms with E-state index in [0.29, 0.717) is 17.2 Å². The third kappa shape index (κ3) is 2.52. The molecule has 130 valence electrons. The van der Waals surface area contributed by atoms with Crippen molar-refractivity contribution in [1.29, 1.82) is 0 Å². The van der Waals surface area contributed by atoms with Gasteiger partial charge in [0.05, 0.1) is 35.6 Å². The zero-order valence-electron chi connectivity index (χ0n) is 13.8. The van der Waals surface area contributed by atoms with Gasteiger partial charge in [-0.1, -0.05) is 24.3 Å². The molecule has 0 radical (unpaired) electrons. The molecule has 6 heteroatoms. The highest BCUT2D eigenvalue weighted by Gasteiger charge is 2.44. The molecule has 2 heterocycles. The molecule has 0 unspecified atom stereocenters. The minimum Gasteiger partial charge on any atom is -0.466 e. The zero-order chi connectivity index (χ0) is 17.6. The number of ether oxygens (including phenoxy) is 2. The zero-order valence-corrected chi connectivity index (χ0v) is 13.8. The lowest BCUT2D eigenvalue weighted by Gasteiger charge is -2.29. The van der Waals surface area contributed by atoms with E-state index in [2.05, 4.69) is 5.32 Å². The highest BCUT2D eigenvalue weighted by atomic mass is 19.1. The van der Waals surface area contributed by atoms with E-state index in [1.165, 1.54) is 7.11 Å². The fourth-order valence-corrected chi connectivity index (χ4v) is 3.69. The molecule has 1 aliphatic carbocycles. The molecule has 0 spiro atoms. The summed E-state index contributed by atoms with van der Waals surface area (Å²) in [6, 6.07) is 7.73. The lowest BCUT2D eigenvalue weighted by atomic mass is 9.78. The van der Waals surface area contributed by atoms with Gasteiger partial charge in [0.25, 0.3) is 0 Å². The Morgan fingerprint density at radius 3 is 2.68 bits per heavy atom. The van der Waals surface area contributed by atoms with Crippen molar-refractivity contribution in [1.82, 2.24) is 5.32 Å². The Bertz CT molecular complexity index is 822. The third-order valence-corrected chi connectivity index (χ3v) is 4.96. The van der Waals surface area contributed by atoms with Crippen LogP contribution in [0, 0.1) is 0 Å². The molecule has 2 aliphatic heterocycles. The number of dihydropyridines is 1. The summed E-state index contributed by atoms with van der Waals surface area (Å²) >= 11 is 0. The molecular formula is C19H18FNO4. The maximum Gasteiger partial charge on any atom is 0.337 e. The topological polar surface area (TPSA) is 64.6 Å². The van der Waals surface area contributed by atoms with Gasteiger partial charge in [0.2, 0.25) is 0 Å². The molecule has 0 saturated heterocycles. The normalized spacial score (nSPS) is 22.5. The molecule has 1 saturated carbocycles. The Hall–Kier alpha value is -2.63. The number of allylic oxidation sites excluding steroid dienone is 1. The van der Waals surface area contributed by atoms with Crippen molar-refractivity contribution in [3.63, 3.8) is 0 Å². The van der Waals surface area contributed by atoms with Crippen LogP contribution in [0.2, 0.25) is 0 Å². The summed E-state index contributed by atoms with van der Waals surface area (Å²) in [5, 5.41) is 2.86. The maximum atomic E-state index is 13.7. The van der Waals surface area contributed by atoms with Gasteiger partial charge in [-0.2, -0.15) is 0 Å². The molecule has 1 N–H and O–H groups in total. The lowest BCUT2D eigenvalue weighted by Crippen LogP contribution is -2.32. The highest BCUT2D eigenvalue weighted by Crippen LogP contribution is 2.48. The van der Waals surface area contributed by atoms with E-state index in [4.69, 9.17) is 9.47 Å². The second-order valence-corrected chi connectivity index (χ2v) is 6.45. The van der Waals surface area contributed by atoms with Gasteiger partial charge in [-0.25, -0.2) is 14.0 Å². The molecule has 0 amide bonds. The first-order valence-electron chi connectivity index (χ1n) is 8.29. The summed E-state index contributed by atoms with van der Waals surface area (Å²) in [4.78, 5) is 24.8. The first kappa shape index (κ1) is 15.9. The summed E-state index contributed by atoms with van der Waals surface area (Å²) in [6.45, 7) is -0.786. The number of halogens is 1. The smallest absolute Gasteiger partial charge is 0.337 e. The number of cyclic esters (lactones) is 1. The van der Waals surface area contributed by atoms with Gasteiger partial charge >= 0.3 is 11.9 Å². The molecule has 5 nitrogen and oxygen atoms in total. The third-order valence-electron chi connectivity index (χ3n) is 4.96. The minimum atomic E-state index is -0.850. The molecule has 1 aromatic rings.